The highest BCUT2D eigenvalue weighted by Gasteiger charge is 2.39. The van der Waals surface area contributed by atoms with Crippen LogP contribution in [0.4, 0.5) is 32.6 Å². The van der Waals surface area contributed by atoms with Gasteiger partial charge in [-0.25, -0.2) is 13.6 Å². The molecular formula is C23H22F5N3O6. The number of aromatic nitrogens is 1. The van der Waals surface area contributed by atoms with Gasteiger partial charge in [0.1, 0.15) is 18.9 Å². The summed E-state index contributed by atoms with van der Waals surface area (Å²) < 4.78 is 84.0. The molecule has 0 fully saturated rings. The largest absolute Gasteiger partial charge is 0.482 e. The molecule has 0 aliphatic carbocycles. The van der Waals surface area contributed by atoms with E-state index in [1.54, 1.807) is 12.2 Å². The fourth-order valence-electron chi connectivity index (χ4n) is 2.64. The second-order valence-corrected chi connectivity index (χ2v) is 7.25. The van der Waals surface area contributed by atoms with Gasteiger partial charge in [-0.2, -0.15) is 18.2 Å². The number of alkyl halides is 3. The first-order valence-electron chi connectivity index (χ1n) is 10.5. The Hall–Kier alpha value is -4.07. The third-order valence-corrected chi connectivity index (χ3v) is 4.33. The minimum absolute atomic E-state index is 0.00705. The molecule has 2 amide bonds. The van der Waals surface area contributed by atoms with Crippen LogP contribution in [0.15, 0.2) is 42.1 Å². The summed E-state index contributed by atoms with van der Waals surface area (Å²) in [5.41, 5.74) is -1.62. The molecule has 0 unspecified atom stereocenters. The van der Waals surface area contributed by atoms with E-state index >= 15 is 0 Å². The van der Waals surface area contributed by atoms with Crippen LogP contribution in [0, 0.1) is 11.6 Å². The smallest absolute Gasteiger partial charge is 0.431 e. The van der Waals surface area contributed by atoms with Crippen LogP contribution in [-0.4, -0.2) is 60.5 Å². The molecule has 0 saturated carbocycles. The zero-order valence-electron chi connectivity index (χ0n) is 19.8. The number of carbonyl (C=O) groups is 3. The number of urea groups is 1. The molecule has 0 spiro atoms. The second-order valence-electron chi connectivity index (χ2n) is 7.25. The lowest BCUT2D eigenvalue weighted by atomic mass is 10.3. The number of nitrogens with zero attached hydrogens (tertiary/aromatic N) is 2. The van der Waals surface area contributed by atoms with E-state index in [4.69, 9.17) is 14.2 Å². The van der Waals surface area contributed by atoms with Gasteiger partial charge in [-0.3, -0.25) is 19.8 Å². The fourth-order valence-corrected chi connectivity index (χ4v) is 2.64. The zero-order chi connectivity index (χ0) is 27.8. The minimum Gasteiger partial charge on any atom is -0.482 e. The van der Waals surface area contributed by atoms with Crippen LogP contribution in [0.5, 0.6) is 17.4 Å². The van der Waals surface area contributed by atoms with E-state index in [1.165, 1.54) is 24.3 Å². The van der Waals surface area contributed by atoms with Crippen molar-refractivity contribution in [2.24, 2.45) is 0 Å². The minimum atomic E-state index is -5.09. The number of para-hydroxylation sites is 2. The number of hydrogen-bond acceptors (Lipinski definition) is 7. The summed E-state index contributed by atoms with van der Waals surface area (Å²) in [7, 11) is 0.691. The van der Waals surface area contributed by atoms with E-state index in [9.17, 15) is 36.3 Å². The predicted molar refractivity (Wildman–Crippen MR) is 119 cm³/mol. The molecule has 2 rings (SSSR count). The molecule has 1 aromatic heterocycles. The quantitative estimate of drug-likeness (QED) is 0.333. The van der Waals surface area contributed by atoms with Crippen molar-refractivity contribution in [3.8, 4) is 17.4 Å². The van der Waals surface area contributed by atoms with Crippen LogP contribution in [-0.2, 0) is 14.3 Å². The number of hydrogen-bond donors (Lipinski definition) is 1. The van der Waals surface area contributed by atoms with Crippen LogP contribution in [0.25, 0.3) is 0 Å². The summed E-state index contributed by atoms with van der Waals surface area (Å²) in [6.07, 6.45) is -4.91. The predicted octanol–water partition coefficient (Wildman–Crippen LogP) is 4.64. The molecule has 0 aliphatic rings. The summed E-state index contributed by atoms with van der Waals surface area (Å²) in [6, 6.07) is 4.48. The Bertz CT molecular complexity index is 1190. The summed E-state index contributed by atoms with van der Waals surface area (Å²) in [6.45, 7) is 2.28. The van der Waals surface area contributed by atoms with Gasteiger partial charge in [-0.05, 0) is 26.0 Å². The standard InChI is InChI=1S/C23H22F5N3O6/c1-4-35-11-14(33)12-36-17-7-5-6-8-18(17)37-21-16(25)10-15(24)20(29-21)30-22(34)31(3)19(9-13(2)32)23(26,27)28/h5-10H,4,11-12H2,1-3H3,(H,29,30,34)/b19-9-. The monoisotopic (exact) mass is 531 g/mol. The number of carbonyl (C=O) groups excluding carboxylic acids is 3. The Kier molecular flexibility index (Phi) is 10.1. The van der Waals surface area contributed by atoms with E-state index < -0.39 is 59.4 Å². The Morgan fingerprint density at radius 1 is 1.08 bits per heavy atom. The molecule has 9 nitrogen and oxygen atoms in total. The average molecular weight is 531 g/mol. The first-order valence-corrected chi connectivity index (χ1v) is 10.5. The number of amides is 2. The lowest BCUT2D eigenvalue weighted by molar-refractivity contribution is -0.125. The molecule has 14 heteroatoms. The van der Waals surface area contributed by atoms with Gasteiger partial charge in [-0.1, -0.05) is 12.1 Å². The van der Waals surface area contributed by atoms with Crippen molar-refractivity contribution >= 4 is 23.4 Å². The molecule has 37 heavy (non-hydrogen) atoms. The number of benzene rings is 1. The highest BCUT2D eigenvalue weighted by molar-refractivity contribution is 5.92. The topological polar surface area (TPSA) is 107 Å². The Balaban J connectivity index is 2.26. The molecule has 0 radical (unpaired) electrons. The van der Waals surface area contributed by atoms with Crippen molar-refractivity contribution < 1.29 is 50.5 Å². The first-order chi connectivity index (χ1) is 17.3. The summed E-state index contributed by atoms with van der Waals surface area (Å²) in [5.74, 6) is -6.06. The van der Waals surface area contributed by atoms with Gasteiger partial charge in [0.25, 0.3) is 5.88 Å². The Morgan fingerprint density at radius 3 is 2.32 bits per heavy atom. The van der Waals surface area contributed by atoms with Crippen LogP contribution in [0.1, 0.15) is 13.8 Å². The number of Topliss-reactive ketones (excluding diaryl/α,β-unsaturated/α-hetero) is 1. The summed E-state index contributed by atoms with van der Waals surface area (Å²) in [4.78, 5) is 38.8. The Morgan fingerprint density at radius 2 is 1.73 bits per heavy atom. The normalized spacial score (nSPS) is 11.6. The lowest BCUT2D eigenvalue weighted by Gasteiger charge is -2.23. The Labute approximate surface area is 207 Å². The van der Waals surface area contributed by atoms with E-state index in [2.05, 4.69) is 4.98 Å². The number of ether oxygens (including phenoxy) is 3. The molecule has 1 heterocycles. The van der Waals surface area contributed by atoms with E-state index in [0.717, 1.165) is 6.92 Å². The highest BCUT2D eigenvalue weighted by Crippen LogP contribution is 2.33. The van der Waals surface area contributed by atoms with Crippen LogP contribution < -0.4 is 14.8 Å². The van der Waals surface area contributed by atoms with Crippen molar-refractivity contribution in [2.45, 2.75) is 20.0 Å². The number of halogens is 5. The molecule has 1 aromatic carbocycles. The number of allylic oxidation sites excluding steroid dienone is 2. The maximum absolute atomic E-state index is 14.4. The lowest BCUT2D eigenvalue weighted by Crippen LogP contribution is -2.37. The van der Waals surface area contributed by atoms with Crippen LogP contribution in [0.2, 0.25) is 0 Å². The van der Waals surface area contributed by atoms with Gasteiger partial charge in [0, 0.05) is 25.8 Å². The first kappa shape index (κ1) is 29.2. The number of anilines is 1. The maximum Gasteiger partial charge on any atom is 0.431 e. The van der Waals surface area contributed by atoms with Crippen LogP contribution in [0.3, 0.4) is 0 Å². The van der Waals surface area contributed by atoms with E-state index in [-0.39, 0.29) is 29.1 Å². The number of pyridine rings is 1. The summed E-state index contributed by atoms with van der Waals surface area (Å²) in [5, 5.41) is 1.78. The van der Waals surface area contributed by atoms with Gasteiger partial charge in [0.15, 0.2) is 40.5 Å². The van der Waals surface area contributed by atoms with Gasteiger partial charge in [0.05, 0.1) is 0 Å². The number of ketones is 2. The second kappa shape index (κ2) is 12.8. The fraction of sp³-hybridized carbons (Fsp3) is 0.304. The molecule has 2 aromatic rings. The van der Waals surface area contributed by atoms with Gasteiger partial charge < -0.3 is 14.2 Å². The third-order valence-electron chi connectivity index (χ3n) is 4.33. The van der Waals surface area contributed by atoms with E-state index in [1.807, 2.05) is 0 Å². The zero-order valence-corrected chi connectivity index (χ0v) is 19.8. The van der Waals surface area contributed by atoms with Crippen molar-refractivity contribution in [1.29, 1.82) is 0 Å². The number of nitrogens with one attached hydrogen (secondary N) is 1. The van der Waals surface area contributed by atoms with E-state index in [0.29, 0.717) is 19.7 Å². The number of rotatable bonds is 11. The third kappa shape index (κ3) is 8.52. The molecule has 0 aliphatic heterocycles. The SMILES string of the molecule is CCOCC(=O)COc1ccccc1Oc1nc(NC(=O)N(C)/C(=C\C(C)=O)C(F)(F)F)c(F)cc1F. The molecule has 200 valence electrons. The average Bonchev–Trinajstić information content (AvgIpc) is 2.82. The molecule has 0 saturated heterocycles. The maximum atomic E-state index is 14.4. The highest BCUT2D eigenvalue weighted by atomic mass is 19.4. The summed E-state index contributed by atoms with van der Waals surface area (Å²) >= 11 is 0. The molecule has 0 bridgehead atoms. The molecule has 0 atom stereocenters. The van der Waals surface area contributed by atoms with Gasteiger partial charge in [-0.15, -0.1) is 0 Å². The van der Waals surface area contributed by atoms with Crippen molar-refractivity contribution in [3.63, 3.8) is 0 Å². The van der Waals surface area contributed by atoms with Gasteiger partial charge in [0.2, 0.25) is 0 Å². The van der Waals surface area contributed by atoms with Crippen molar-refractivity contribution in [2.75, 3.05) is 32.2 Å². The van der Waals surface area contributed by atoms with Gasteiger partial charge >= 0.3 is 12.2 Å². The van der Waals surface area contributed by atoms with Crippen molar-refractivity contribution in [1.82, 2.24) is 9.88 Å². The van der Waals surface area contributed by atoms with Crippen molar-refractivity contribution in [3.05, 3.63) is 53.7 Å². The van der Waals surface area contributed by atoms with Crippen LogP contribution >= 0.6 is 0 Å². The molecular weight excluding hydrogens is 509 g/mol. The molecule has 1 N–H and O–H groups in total.